The van der Waals surface area contributed by atoms with E-state index in [9.17, 15) is 0 Å². The highest BCUT2D eigenvalue weighted by molar-refractivity contribution is 5.36. The lowest BCUT2D eigenvalue weighted by atomic mass is 9.96. The molecule has 0 radical (unpaired) electrons. The van der Waals surface area contributed by atoms with Crippen LogP contribution in [-0.2, 0) is 0 Å². The van der Waals surface area contributed by atoms with Gasteiger partial charge < -0.3 is 5.73 Å². The molecule has 10 heavy (non-hydrogen) atoms. The molecular weight excluding hydrogens is 122 g/mol. The molecule has 0 aliphatic heterocycles. The fourth-order valence-corrected chi connectivity index (χ4v) is 1.11. The monoisotopic (exact) mass is 135 g/mol. The minimum atomic E-state index is 0.587. The van der Waals surface area contributed by atoms with Crippen LogP contribution in [0.2, 0.25) is 0 Å². The van der Waals surface area contributed by atoms with E-state index in [1.54, 1.807) is 6.08 Å². The third-order valence-electron chi connectivity index (χ3n) is 1.74. The predicted molar refractivity (Wildman–Crippen MR) is 44.3 cm³/mol. The van der Waals surface area contributed by atoms with Crippen LogP contribution in [0.4, 0.5) is 0 Å². The number of nitrogens with two attached hydrogens (primary N) is 1. The lowest BCUT2D eigenvalue weighted by Gasteiger charge is -2.13. The maximum Gasteiger partial charge on any atom is 0.0159 e. The molecule has 1 rings (SSSR count). The van der Waals surface area contributed by atoms with Gasteiger partial charge in [0.15, 0.2) is 0 Å². The van der Waals surface area contributed by atoms with Crippen LogP contribution in [0, 0.1) is 5.92 Å². The largest absolute Gasteiger partial charge is 0.402 e. The van der Waals surface area contributed by atoms with Crippen molar-refractivity contribution in [2.75, 3.05) is 0 Å². The van der Waals surface area contributed by atoms with Gasteiger partial charge in [-0.15, -0.1) is 0 Å². The Morgan fingerprint density at radius 2 is 2.50 bits per heavy atom. The molecule has 1 aliphatic rings. The molecule has 0 heterocycles. The normalized spacial score (nSPS) is 25.1. The summed E-state index contributed by atoms with van der Waals surface area (Å²) in [4.78, 5) is 0. The molecule has 1 nitrogen and oxygen atoms in total. The van der Waals surface area contributed by atoms with Crippen molar-refractivity contribution < 1.29 is 0 Å². The molecule has 2 N–H and O–H groups in total. The smallest absolute Gasteiger partial charge is 0.0159 e. The van der Waals surface area contributed by atoms with E-state index in [-0.39, 0.29) is 0 Å². The molecule has 1 atom stereocenters. The van der Waals surface area contributed by atoms with Crippen molar-refractivity contribution in [1.29, 1.82) is 0 Å². The first kappa shape index (κ1) is 7.13. The zero-order chi connectivity index (χ0) is 7.56. The Morgan fingerprint density at radius 3 is 3.00 bits per heavy atom. The van der Waals surface area contributed by atoms with Gasteiger partial charge in [-0.05, 0) is 17.9 Å². The quantitative estimate of drug-likeness (QED) is 0.584. The Kier molecular flexibility index (Phi) is 1.95. The van der Waals surface area contributed by atoms with Gasteiger partial charge in [0.2, 0.25) is 0 Å². The van der Waals surface area contributed by atoms with Crippen LogP contribution < -0.4 is 5.73 Å². The molecule has 0 spiro atoms. The van der Waals surface area contributed by atoms with Gasteiger partial charge in [0.25, 0.3) is 0 Å². The highest BCUT2D eigenvalue weighted by Crippen LogP contribution is 2.19. The third kappa shape index (κ3) is 1.29. The van der Waals surface area contributed by atoms with E-state index in [0.29, 0.717) is 5.92 Å². The molecule has 54 valence electrons. The fraction of sp³-hybridized carbons (Fsp3) is 0.333. The maximum absolute atomic E-state index is 5.74. The van der Waals surface area contributed by atoms with Gasteiger partial charge >= 0.3 is 0 Å². The van der Waals surface area contributed by atoms with E-state index in [4.69, 9.17) is 5.73 Å². The lowest BCUT2D eigenvalue weighted by molar-refractivity contribution is 0.696. The van der Waals surface area contributed by atoms with E-state index in [1.165, 1.54) is 0 Å². The van der Waals surface area contributed by atoms with E-state index in [0.717, 1.165) is 17.7 Å². The van der Waals surface area contributed by atoms with Crippen LogP contribution >= 0.6 is 0 Å². The van der Waals surface area contributed by atoms with E-state index < -0.39 is 0 Å². The van der Waals surface area contributed by atoms with Crippen molar-refractivity contribution in [2.24, 2.45) is 11.7 Å². The first-order valence-corrected chi connectivity index (χ1v) is 3.53. The molecular formula is C9H13N. The summed E-state index contributed by atoms with van der Waals surface area (Å²) in [6.07, 6.45) is 6.97. The molecule has 0 amide bonds. The minimum Gasteiger partial charge on any atom is -0.402 e. The third-order valence-corrected chi connectivity index (χ3v) is 1.74. The summed E-state index contributed by atoms with van der Waals surface area (Å²) in [5.74, 6) is 0.587. The van der Waals surface area contributed by atoms with Crippen molar-refractivity contribution in [3.63, 3.8) is 0 Å². The molecule has 0 saturated heterocycles. The second-order valence-electron chi connectivity index (χ2n) is 2.73. The Hall–Kier alpha value is -0.980. The second-order valence-corrected chi connectivity index (χ2v) is 2.73. The minimum absolute atomic E-state index is 0.587. The van der Waals surface area contributed by atoms with Crippen molar-refractivity contribution in [2.45, 2.75) is 13.3 Å². The van der Waals surface area contributed by atoms with Gasteiger partial charge in [-0.25, -0.2) is 0 Å². The van der Waals surface area contributed by atoms with Crippen molar-refractivity contribution in [3.8, 4) is 0 Å². The summed E-state index contributed by atoms with van der Waals surface area (Å²) < 4.78 is 0. The van der Waals surface area contributed by atoms with Gasteiger partial charge in [-0.2, -0.15) is 0 Å². The van der Waals surface area contributed by atoms with E-state index in [1.807, 2.05) is 6.08 Å². The van der Waals surface area contributed by atoms with Crippen molar-refractivity contribution >= 4 is 0 Å². The highest BCUT2D eigenvalue weighted by atomic mass is 14.6. The molecule has 1 heteroatoms. The molecule has 0 aromatic rings. The molecule has 1 aliphatic carbocycles. The van der Waals surface area contributed by atoms with Crippen LogP contribution in [0.3, 0.4) is 0 Å². The van der Waals surface area contributed by atoms with Gasteiger partial charge in [0.05, 0.1) is 0 Å². The first-order chi connectivity index (χ1) is 4.74. The zero-order valence-electron chi connectivity index (χ0n) is 6.30. The molecule has 1 unspecified atom stereocenters. The Bertz CT molecular complexity index is 199. The Balaban J connectivity index is 2.82. The summed E-state index contributed by atoms with van der Waals surface area (Å²) in [6, 6.07) is 0. The van der Waals surface area contributed by atoms with Crippen molar-refractivity contribution in [1.82, 2.24) is 0 Å². The van der Waals surface area contributed by atoms with E-state index in [2.05, 4.69) is 19.6 Å². The standard InChI is InChI=1S/C9H13N/c1-3-8-5-4-7(2)6-9(8)10/h3-5,7H,1,6,10H2,2H3. The molecule has 0 aromatic heterocycles. The number of allylic oxidation sites excluding steroid dienone is 5. The fourth-order valence-electron chi connectivity index (χ4n) is 1.11. The summed E-state index contributed by atoms with van der Waals surface area (Å²) in [5.41, 5.74) is 7.78. The SMILES string of the molecule is C=CC1=C(N)CC(C)C=C1. The second kappa shape index (κ2) is 2.74. The molecule has 0 fully saturated rings. The zero-order valence-corrected chi connectivity index (χ0v) is 6.30. The highest BCUT2D eigenvalue weighted by Gasteiger charge is 2.06. The summed E-state index contributed by atoms with van der Waals surface area (Å²) in [6.45, 7) is 5.83. The maximum atomic E-state index is 5.74. The van der Waals surface area contributed by atoms with E-state index >= 15 is 0 Å². The van der Waals surface area contributed by atoms with Gasteiger partial charge in [0.1, 0.15) is 0 Å². The average molecular weight is 135 g/mol. The molecule has 0 aromatic carbocycles. The summed E-state index contributed by atoms with van der Waals surface area (Å²) >= 11 is 0. The van der Waals surface area contributed by atoms with Crippen LogP contribution in [0.5, 0.6) is 0 Å². The van der Waals surface area contributed by atoms with Crippen LogP contribution in [-0.4, -0.2) is 0 Å². The number of hydrogen-bond acceptors (Lipinski definition) is 1. The molecule has 0 bridgehead atoms. The van der Waals surface area contributed by atoms with Gasteiger partial charge in [-0.3, -0.25) is 0 Å². The lowest BCUT2D eigenvalue weighted by Crippen LogP contribution is -2.08. The first-order valence-electron chi connectivity index (χ1n) is 3.53. The van der Waals surface area contributed by atoms with Gasteiger partial charge in [0, 0.05) is 5.70 Å². The number of hydrogen-bond donors (Lipinski definition) is 1. The van der Waals surface area contributed by atoms with Crippen molar-refractivity contribution in [3.05, 3.63) is 36.1 Å². The number of rotatable bonds is 1. The average Bonchev–Trinajstić information content (AvgIpc) is 1.88. The van der Waals surface area contributed by atoms with Crippen LogP contribution in [0.1, 0.15) is 13.3 Å². The Morgan fingerprint density at radius 1 is 1.80 bits per heavy atom. The Labute approximate surface area is 61.9 Å². The van der Waals surface area contributed by atoms with Gasteiger partial charge in [-0.1, -0.05) is 31.7 Å². The molecule has 0 saturated carbocycles. The predicted octanol–water partition coefficient (Wildman–Crippen LogP) is 1.98. The van der Waals surface area contributed by atoms with Crippen LogP contribution in [0.15, 0.2) is 36.1 Å². The summed E-state index contributed by atoms with van der Waals surface area (Å²) in [7, 11) is 0. The summed E-state index contributed by atoms with van der Waals surface area (Å²) in [5, 5.41) is 0. The van der Waals surface area contributed by atoms with Crippen LogP contribution in [0.25, 0.3) is 0 Å². The topological polar surface area (TPSA) is 26.0 Å².